The first-order chi connectivity index (χ1) is 8.21. The van der Waals surface area contributed by atoms with Crippen LogP contribution in [-0.4, -0.2) is 4.98 Å². The number of allylic oxidation sites excluding steroid dienone is 5. The number of hydrogen-bond acceptors (Lipinski definition) is 1. The van der Waals surface area contributed by atoms with Gasteiger partial charge < -0.3 is 0 Å². The lowest BCUT2D eigenvalue weighted by Crippen LogP contribution is -1.86. The lowest BCUT2D eigenvalue weighted by atomic mass is 10.00. The topological polar surface area (TPSA) is 12.9 Å². The molecule has 1 rings (SSSR count). The Kier molecular flexibility index (Phi) is 8.67. The van der Waals surface area contributed by atoms with Crippen LogP contribution >= 0.6 is 0 Å². The van der Waals surface area contributed by atoms with Crippen LogP contribution in [0.2, 0.25) is 0 Å². The summed E-state index contributed by atoms with van der Waals surface area (Å²) in [6.45, 7) is 12.1. The van der Waals surface area contributed by atoms with Gasteiger partial charge in [0.15, 0.2) is 0 Å². The summed E-state index contributed by atoms with van der Waals surface area (Å²) >= 11 is 0. The zero-order valence-electron chi connectivity index (χ0n) is 11.4. The van der Waals surface area contributed by atoms with E-state index in [0.717, 1.165) is 0 Å². The van der Waals surface area contributed by atoms with Gasteiger partial charge in [0.25, 0.3) is 0 Å². The Balaban J connectivity index is 0.000000770. The maximum atomic E-state index is 4.00. The first-order valence-electron chi connectivity index (χ1n) is 6.07. The van der Waals surface area contributed by atoms with Crippen molar-refractivity contribution in [1.82, 2.24) is 4.98 Å². The summed E-state index contributed by atoms with van der Waals surface area (Å²) in [6, 6.07) is 4.02. The predicted octanol–water partition coefficient (Wildman–Crippen LogP) is 5.03. The largest absolute Gasteiger partial charge is 0.265 e. The van der Waals surface area contributed by atoms with Gasteiger partial charge in [-0.1, -0.05) is 45.1 Å². The van der Waals surface area contributed by atoms with Crippen molar-refractivity contribution < 1.29 is 0 Å². The third kappa shape index (κ3) is 5.86. The molecule has 0 aromatic carbocycles. The third-order valence-corrected chi connectivity index (χ3v) is 2.07. The SMILES string of the molecule is C=C/C=C(C)/C(=C\C)c1ccncc1.CCC. The van der Waals surface area contributed by atoms with Gasteiger partial charge in [-0.25, -0.2) is 0 Å². The molecule has 0 N–H and O–H groups in total. The van der Waals surface area contributed by atoms with Crippen molar-refractivity contribution in [3.63, 3.8) is 0 Å². The molecule has 1 aromatic heterocycles. The van der Waals surface area contributed by atoms with Gasteiger partial charge in [0.2, 0.25) is 0 Å². The van der Waals surface area contributed by atoms with Gasteiger partial charge in [0, 0.05) is 12.4 Å². The fourth-order valence-electron chi connectivity index (χ4n) is 1.42. The van der Waals surface area contributed by atoms with Crippen molar-refractivity contribution in [3.8, 4) is 0 Å². The molecule has 0 atom stereocenters. The number of rotatable bonds is 3. The molecule has 17 heavy (non-hydrogen) atoms. The summed E-state index contributed by atoms with van der Waals surface area (Å²) in [7, 11) is 0. The van der Waals surface area contributed by atoms with Crippen LogP contribution in [0.15, 0.2) is 54.9 Å². The second-order valence-electron chi connectivity index (χ2n) is 3.73. The molecular formula is C16H23N. The standard InChI is InChI=1S/C13H15N.C3H8/c1-4-6-11(3)13(5-2)12-7-9-14-10-8-12;1-3-2/h4-10H,1H2,2-3H3;3H2,1-2H3/b11-6+,13-5+;. The molecule has 1 heterocycles. The second kappa shape index (κ2) is 9.59. The Labute approximate surface area is 106 Å². The molecule has 0 aliphatic carbocycles. The van der Waals surface area contributed by atoms with Crippen molar-refractivity contribution in [2.45, 2.75) is 34.1 Å². The molecule has 0 spiro atoms. The van der Waals surface area contributed by atoms with Gasteiger partial charge in [0.1, 0.15) is 0 Å². The summed E-state index contributed by atoms with van der Waals surface area (Å²) in [6.07, 6.45) is 10.8. The van der Waals surface area contributed by atoms with Crippen LogP contribution in [0.3, 0.4) is 0 Å². The summed E-state index contributed by atoms with van der Waals surface area (Å²) < 4.78 is 0. The minimum atomic E-state index is 1.19. The smallest absolute Gasteiger partial charge is 0.0273 e. The highest BCUT2D eigenvalue weighted by molar-refractivity contribution is 5.78. The molecule has 0 bridgehead atoms. The Morgan fingerprint density at radius 3 is 2.24 bits per heavy atom. The van der Waals surface area contributed by atoms with Gasteiger partial charge in [-0.3, -0.25) is 4.98 Å². The van der Waals surface area contributed by atoms with E-state index in [0.29, 0.717) is 0 Å². The lowest BCUT2D eigenvalue weighted by Gasteiger charge is -2.06. The number of aromatic nitrogens is 1. The van der Waals surface area contributed by atoms with E-state index >= 15 is 0 Å². The highest BCUT2D eigenvalue weighted by Gasteiger charge is 2.00. The van der Waals surface area contributed by atoms with E-state index in [-0.39, 0.29) is 0 Å². The van der Waals surface area contributed by atoms with E-state index in [1.807, 2.05) is 25.1 Å². The Hall–Kier alpha value is -1.63. The molecular weight excluding hydrogens is 206 g/mol. The summed E-state index contributed by atoms with van der Waals surface area (Å²) in [4.78, 5) is 4.00. The van der Waals surface area contributed by atoms with Crippen molar-refractivity contribution in [2.75, 3.05) is 0 Å². The van der Waals surface area contributed by atoms with E-state index < -0.39 is 0 Å². The van der Waals surface area contributed by atoms with Gasteiger partial charge in [-0.2, -0.15) is 0 Å². The summed E-state index contributed by atoms with van der Waals surface area (Å²) in [5.41, 5.74) is 3.64. The van der Waals surface area contributed by atoms with Crippen molar-refractivity contribution in [1.29, 1.82) is 0 Å². The van der Waals surface area contributed by atoms with E-state index in [2.05, 4.69) is 38.4 Å². The number of pyridine rings is 1. The van der Waals surface area contributed by atoms with Crippen molar-refractivity contribution >= 4 is 5.57 Å². The van der Waals surface area contributed by atoms with E-state index in [4.69, 9.17) is 0 Å². The van der Waals surface area contributed by atoms with Crippen LogP contribution in [0.4, 0.5) is 0 Å². The van der Waals surface area contributed by atoms with E-state index in [1.54, 1.807) is 18.5 Å². The molecule has 92 valence electrons. The fraction of sp³-hybridized carbons (Fsp3) is 0.312. The quantitative estimate of drug-likeness (QED) is 0.662. The second-order valence-corrected chi connectivity index (χ2v) is 3.73. The highest BCUT2D eigenvalue weighted by atomic mass is 14.6. The lowest BCUT2D eigenvalue weighted by molar-refractivity contribution is 1.09. The van der Waals surface area contributed by atoms with E-state index in [9.17, 15) is 0 Å². The molecule has 0 amide bonds. The van der Waals surface area contributed by atoms with Gasteiger partial charge in [-0.05, 0) is 42.7 Å². The van der Waals surface area contributed by atoms with Crippen LogP contribution in [-0.2, 0) is 0 Å². The van der Waals surface area contributed by atoms with Crippen molar-refractivity contribution in [2.24, 2.45) is 0 Å². The van der Waals surface area contributed by atoms with Crippen LogP contribution < -0.4 is 0 Å². The highest BCUT2D eigenvalue weighted by Crippen LogP contribution is 2.21. The molecule has 1 nitrogen and oxygen atoms in total. The number of nitrogens with zero attached hydrogens (tertiary/aromatic N) is 1. The summed E-state index contributed by atoms with van der Waals surface area (Å²) in [5.74, 6) is 0. The van der Waals surface area contributed by atoms with Crippen LogP contribution in [0.25, 0.3) is 5.57 Å². The Morgan fingerprint density at radius 2 is 1.82 bits per heavy atom. The minimum absolute atomic E-state index is 1.19. The zero-order valence-corrected chi connectivity index (χ0v) is 11.4. The van der Waals surface area contributed by atoms with Gasteiger partial charge >= 0.3 is 0 Å². The first kappa shape index (κ1) is 15.4. The molecule has 0 radical (unpaired) electrons. The average molecular weight is 229 g/mol. The molecule has 1 aromatic rings. The minimum Gasteiger partial charge on any atom is -0.265 e. The van der Waals surface area contributed by atoms with Crippen molar-refractivity contribution in [3.05, 3.63) is 60.5 Å². The number of hydrogen-bond donors (Lipinski definition) is 0. The van der Waals surface area contributed by atoms with Gasteiger partial charge in [0.05, 0.1) is 0 Å². The maximum Gasteiger partial charge on any atom is 0.0273 e. The Bertz CT molecular complexity index is 372. The monoisotopic (exact) mass is 229 g/mol. The molecule has 0 saturated heterocycles. The molecule has 0 aliphatic rings. The van der Waals surface area contributed by atoms with Crippen LogP contribution in [0.1, 0.15) is 39.7 Å². The molecule has 0 aliphatic heterocycles. The summed E-state index contributed by atoms with van der Waals surface area (Å²) in [5, 5.41) is 0. The maximum absolute atomic E-state index is 4.00. The first-order valence-corrected chi connectivity index (χ1v) is 6.07. The zero-order chi connectivity index (χ0) is 13.1. The molecule has 1 heteroatoms. The third-order valence-electron chi connectivity index (χ3n) is 2.07. The fourth-order valence-corrected chi connectivity index (χ4v) is 1.42. The van der Waals surface area contributed by atoms with E-state index in [1.165, 1.54) is 23.1 Å². The van der Waals surface area contributed by atoms with Crippen LogP contribution in [0.5, 0.6) is 0 Å². The average Bonchev–Trinajstić information content (AvgIpc) is 2.33. The van der Waals surface area contributed by atoms with Crippen LogP contribution in [0, 0.1) is 0 Å². The Morgan fingerprint density at radius 1 is 1.29 bits per heavy atom. The molecule has 0 fully saturated rings. The van der Waals surface area contributed by atoms with Gasteiger partial charge in [-0.15, -0.1) is 0 Å². The molecule has 0 saturated carbocycles. The molecule has 0 unspecified atom stereocenters. The normalized spacial score (nSPS) is 11.5. The predicted molar refractivity (Wildman–Crippen MR) is 77.8 cm³/mol.